The van der Waals surface area contributed by atoms with Gasteiger partial charge in [-0.2, -0.15) is 0 Å². The van der Waals surface area contributed by atoms with Crippen LogP contribution in [-0.4, -0.2) is 46.8 Å². The molecule has 1 aromatic heterocycles. The summed E-state index contributed by atoms with van der Waals surface area (Å²) in [6, 6.07) is 9.41. The van der Waals surface area contributed by atoms with Crippen LogP contribution in [0, 0.1) is 5.92 Å². The summed E-state index contributed by atoms with van der Waals surface area (Å²) in [5.74, 6) is 0.813. The van der Waals surface area contributed by atoms with Crippen LogP contribution in [0.2, 0.25) is 0 Å². The van der Waals surface area contributed by atoms with E-state index in [0.29, 0.717) is 13.0 Å². The first-order valence-electron chi connectivity index (χ1n) is 11.6. The third-order valence-electron chi connectivity index (χ3n) is 6.89. The summed E-state index contributed by atoms with van der Waals surface area (Å²) in [5, 5.41) is 15.9. The van der Waals surface area contributed by atoms with E-state index in [0.717, 1.165) is 41.8 Å². The van der Waals surface area contributed by atoms with Crippen molar-refractivity contribution in [2.45, 2.75) is 62.9 Å². The topological polar surface area (TPSA) is 110 Å². The Labute approximate surface area is 192 Å². The second-order valence-corrected chi connectivity index (χ2v) is 9.11. The number of aliphatic hydroxyl groups excluding tert-OH is 1. The number of ether oxygens (including phenoxy) is 2. The van der Waals surface area contributed by atoms with Crippen LogP contribution in [0.4, 0.5) is 5.69 Å². The summed E-state index contributed by atoms with van der Waals surface area (Å²) in [6.07, 6.45) is 6.06. The maximum absolute atomic E-state index is 12.5. The Balaban J connectivity index is 1.25. The van der Waals surface area contributed by atoms with Gasteiger partial charge in [0, 0.05) is 42.0 Å². The van der Waals surface area contributed by atoms with E-state index in [1.54, 1.807) is 12.4 Å². The molecule has 1 saturated carbocycles. The summed E-state index contributed by atoms with van der Waals surface area (Å²) in [7, 11) is 0. The molecule has 0 unspecified atom stereocenters. The number of rotatable bonds is 7. The normalized spacial score (nSPS) is 25.8. The van der Waals surface area contributed by atoms with Crippen molar-refractivity contribution in [1.82, 2.24) is 10.3 Å². The molecule has 0 radical (unpaired) electrons. The summed E-state index contributed by atoms with van der Waals surface area (Å²) in [4.78, 5) is 28.9. The van der Waals surface area contributed by atoms with Crippen LogP contribution >= 0.6 is 0 Å². The number of hydrogen-bond acceptors (Lipinski definition) is 6. The fraction of sp³-hybridized carbons (Fsp3) is 0.480. The van der Waals surface area contributed by atoms with Gasteiger partial charge < -0.3 is 25.2 Å². The molecule has 1 aliphatic carbocycles. The third-order valence-corrected chi connectivity index (χ3v) is 6.89. The third kappa shape index (κ3) is 4.72. The van der Waals surface area contributed by atoms with Gasteiger partial charge in [0.25, 0.3) is 0 Å². The van der Waals surface area contributed by atoms with Crippen LogP contribution in [0.25, 0.3) is 0 Å². The first-order valence-corrected chi connectivity index (χ1v) is 11.6. The quantitative estimate of drug-likeness (QED) is 0.597. The van der Waals surface area contributed by atoms with Crippen molar-refractivity contribution in [3.05, 3.63) is 53.9 Å². The van der Waals surface area contributed by atoms with Gasteiger partial charge in [-0.05, 0) is 55.2 Å². The highest BCUT2D eigenvalue weighted by atomic mass is 16.6. The lowest BCUT2D eigenvalue weighted by Gasteiger charge is -2.37. The predicted molar refractivity (Wildman–Crippen MR) is 121 cm³/mol. The average Bonchev–Trinajstić information content (AvgIpc) is 3.14. The minimum absolute atomic E-state index is 0.00977. The highest BCUT2D eigenvalue weighted by molar-refractivity contribution is 5.93. The molecule has 174 valence electrons. The van der Waals surface area contributed by atoms with Gasteiger partial charge in [-0.3, -0.25) is 14.6 Å². The fourth-order valence-electron chi connectivity index (χ4n) is 4.86. The lowest BCUT2D eigenvalue weighted by Crippen LogP contribution is -2.47. The Morgan fingerprint density at radius 3 is 2.70 bits per heavy atom. The molecule has 3 aliphatic rings. The van der Waals surface area contributed by atoms with Crippen LogP contribution < -0.4 is 15.4 Å². The summed E-state index contributed by atoms with van der Waals surface area (Å²) < 4.78 is 12.1. The van der Waals surface area contributed by atoms with E-state index in [1.807, 2.05) is 30.3 Å². The molecule has 2 amide bonds. The number of pyridine rings is 1. The summed E-state index contributed by atoms with van der Waals surface area (Å²) in [5.41, 5.74) is 2.73. The van der Waals surface area contributed by atoms with Crippen molar-refractivity contribution in [2.24, 2.45) is 5.92 Å². The molecule has 3 N–H and O–H groups in total. The standard InChI is InChI=1S/C25H29N3O5/c29-14-22-24-20(11-18(32-22)12-23(30)27-13-15-6-8-26-9-7-15)19-10-17(4-5-21(19)33-24)28-25(31)16-2-1-3-16/h4-10,16,18,20,22,24,29H,1-3,11-14H2,(H,27,30)(H,28,31)/t18-,20+,22-,24-/m0/s1. The predicted octanol–water partition coefficient (Wildman–Crippen LogP) is 2.52. The molecule has 2 aliphatic heterocycles. The van der Waals surface area contributed by atoms with Crippen molar-refractivity contribution in [3.8, 4) is 5.75 Å². The van der Waals surface area contributed by atoms with E-state index in [4.69, 9.17) is 9.47 Å². The lowest BCUT2D eigenvalue weighted by atomic mass is 9.83. The van der Waals surface area contributed by atoms with Gasteiger partial charge in [0.1, 0.15) is 18.0 Å². The van der Waals surface area contributed by atoms with Crippen LogP contribution in [0.1, 0.15) is 49.1 Å². The molecule has 4 atom stereocenters. The number of anilines is 1. The molecule has 3 heterocycles. The van der Waals surface area contributed by atoms with E-state index in [2.05, 4.69) is 15.6 Å². The molecular weight excluding hydrogens is 422 g/mol. The highest BCUT2D eigenvalue weighted by Crippen LogP contribution is 2.47. The van der Waals surface area contributed by atoms with E-state index in [9.17, 15) is 14.7 Å². The van der Waals surface area contributed by atoms with E-state index < -0.39 is 6.10 Å². The zero-order valence-electron chi connectivity index (χ0n) is 18.4. The second-order valence-electron chi connectivity index (χ2n) is 9.11. The Morgan fingerprint density at radius 1 is 1.15 bits per heavy atom. The minimum atomic E-state index is -0.512. The molecular formula is C25H29N3O5. The van der Waals surface area contributed by atoms with Crippen molar-refractivity contribution in [1.29, 1.82) is 0 Å². The van der Waals surface area contributed by atoms with Crippen LogP contribution in [0.15, 0.2) is 42.7 Å². The van der Waals surface area contributed by atoms with Crippen molar-refractivity contribution >= 4 is 17.5 Å². The molecule has 33 heavy (non-hydrogen) atoms. The molecule has 1 saturated heterocycles. The summed E-state index contributed by atoms with van der Waals surface area (Å²) >= 11 is 0. The van der Waals surface area contributed by atoms with E-state index in [-0.39, 0.29) is 48.9 Å². The number of benzene rings is 1. The second kappa shape index (κ2) is 9.49. The Kier molecular flexibility index (Phi) is 6.28. The number of nitrogens with zero attached hydrogens (tertiary/aromatic N) is 1. The molecule has 0 bridgehead atoms. The number of aromatic nitrogens is 1. The number of carbonyl (C=O) groups excluding carboxylic acids is 2. The first kappa shape index (κ1) is 21.9. The Bertz CT molecular complexity index is 1010. The number of fused-ring (bicyclic) bond motifs is 3. The smallest absolute Gasteiger partial charge is 0.227 e. The number of nitrogens with one attached hydrogen (secondary N) is 2. The van der Waals surface area contributed by atoms with Crippen molar-refractivity contribution < 1.29 is 24.2 Å². The van der Waals surface area contributed by atoms with E-state index >= 15 is 0 Å². The molecule has 8 heteroatoms. The van der Waals surface area contributed by atoms with Crippen LogP contribution in [0.3, 0.4) is 0 Å². The van der Waals surface area contributed by atoms with Gasteiger partial charge in [0.2, 0.25) is 11.8 Å². The van der Waals surface area contributed by atoms with Crippen LogP contribution in [-0.2, 0) is 20.9 Å². The number of aliphatic hydroxyl groups is 1. The highest BCUT2D eigenvalue weighted by Gasteiger charge is 2.46. The van der Waals surface area contributed by atoms with Gasteiger partial charge >= 0.3 is 0 Å². The van der Waals surface area contributed by atoms with Gasteiger partial charge in [-0.25, -0.2) is 0 Å². The SMILES string of the molecule is O=C(C[C@@H]1C[C@@H]2c3cc(NC(=O)C4CCC4)ccc3O[C@@H]2[C@H](CO)O1)NCc1ccncc1. The van der Waals surface area contributed by atoms with E-state index in [1.165, 1.54) is 0 Å². The number of carbonyl (C=O) groups is 2. The molecule has 5 rings (SSSR count). The molecule has 0 spiro atoms. The molecule has 2 aromatic rings. The van der Waals surface area contributed by atoms with Crippen molar-refractivity contribution in [3.63, 3.8) is 0 Å². The zero-order chi connectivity index (χ0) is 22.8. The first-order chi connectivity index (χ1) is 16.1. The van der Waals surface area contributed by atoms with Gasteiger partial charge in [0.05, 0.1) is 19.1 Å². The minimum Gasteiger partial charge on any atom is -0.487 e. The Hall–Kier alpha value is -2.97. The monoisotopic (exact) mass is 451 g/mol. The maximum atomic E-state index is 12.5. The number of amides is 2. The largest absolute Gasteiger partial charge is 0.487 e. The molecule has 2 fully saturated rings. The molecule has 1 aromatic carbocycles. The maximum Gasteiger partial charge on any atom is 0.227 e. The molecule has 8 nitrogen and oxygen atoms in total. The van der Waals surface area contributed by atoms with Crippen molar-refractivity contribution in [2.75, 3.05) is 11.9 Å². The average molecular weight is 452 g/mol. The van der Waals surface area contributed by atoms with Gasteiger partial charge in [-0.15, -0.1) is 0 Å². The fourth-order valence-corrected chi connectivity index (χ4v) is 4.86. The zero-order valence-corrected chi connectivity index (χ0v) is 18.4. The lowest BCUT2D eigenvalue weighted by molar-refractivity contribution is -0.142. The summed E-state index contributed by atoms with van der Waals surface area (Å²) in [6.45, 7) is 0.245. The van der Waals surface area contributed by atoms with Crippen LogP contribution in [0.5, 0.6) is 5.75 Å². The van der Waals surface area contributed by atoms with Gasteiger partial charge in [0.15, 0.2) is 0 Å². The van der Waals surface area contributed by atoms with Gasteiger partial charge in [-0.1, -0.05) is 6.42 Å². The Morgan fingerprint density at radius 2 is 1.97 bits per heavy atom. The number of hydrogen-bond donors (Lipinski definition) is 3.